The number of aromatic nitrogens is 1. The molecule has 0 spiro atoms. The van der Waals surface area contributed by atoms with Crippen LogP contribution in [-0.4, -0.2) is 11.5 Å². The molecule has 0 aliphatic heterocycles. The van der Waals surface area contributed by atoms with Crippen LogP contribution in [0.3, 0.4) is 0 Å². The molecular weight excluding hydrogens is 395 g/mol. The van der Waals surface area contributed by atoms with Crippen molar-refractivity contribution in [3.05, 3.63) is 56.5 Å². The van der Waals surface area contributed by atoms with Gasteiger partial charge in [-0.3, -0.25) is 0 Å². The average molecular weight is 412 g/mol. The molecule has 0 aliphatic carbocycles. The average Bonchev–Trinajstić information content (AvgIpc) is 2.91. The molecule has 3 rings (SSSR count). The fourth-order valence-corrected chi connectivity index (χ4v) is 3.61. The molecule has 2 nitrogen and oxygen atoms in total. The molecule has 0 unspecified atom stereocenters. The lowest BCUT2D eigenvalue weighted by Crippen LogP contribution is -1.99. The number of hydrogen-bond donors (Lipinski definition) is 2. The Morgan fingerprint density at radius 2 is 1.87 bits per heavy atom. The standard InChI is InChI=1S/C18H17BrCl2N2/c19-14-6-3-5-13-12(4-1-2-9-22)17(23-18(13)14)11-7-8-15(20)16(21)10-11/h3,5-8,10,23H,1-2,4,9,22H2. The van der Waals surface area contributed by atoms with Crippen molar-refractivity contribution >= 4 is 50.0 Å². The Labute approximate surface area is 154 Å². The zero-order valence-electron chi connectivity index (χ0n) is 12.5. The van der Waals surface area contributed by atoms with E-state index < -0.39 is 0 Å². The number of aromatic amines is 1. The Bertz CT molecular complexity index is 842. The van der Waals surface area contributed by atoms with Gasteiger partial charge in [0.1, 0.15) is 0 Å². The second kappa shape index (κ2) is 7.27. The molecule has 0 radical (unpaired) electrons. The highest BCUT2D eigenvalue weighted by Crippen LogP contribution is 2.36. The number of hydrogen-bond acceptors (Lipinski definition) is 1. The van der Waals surface area contributed by atoms with E-state index in [1.165, 1.54) is 10.9 Å². The lowest BCUT2D eigenvalue weighted by molar-refractivity contribution is 0.748. The smallest absolute Gasteiger partial charge is 0.0606 e. The minimum atomic E-state index is 0.565. The van der Waals surface area contributed by atoms with Crippen LogP contribution in [0.25, 0.3) is 22.2 Å². The molecule has 5 heteroatoms. The monoisotopic (exact) mass is 410 g/mol. The summed E-state index contributed by atoms with van der Waals surface area (Å²) in [6.07, 6.45) is 3.05. The molecule has 3 N–H and O–H groups in total. The van der Waals surface area contributed by atoms with Crippen LogP contribution in [0, 0.1) is 0 Å². The zero-order chi connectivity index (χ0) is 16.4. The summed E-state index contributed by atoms with van der Waals surface area (Å²) in [5, 5.41) is 2.37. The van der Waals surface area contributed by atoms with Gasteiger partial charge in [0.2, 0.25) is 0 Å². The fraction of sp³-hybridized carbons (Fsp3) is 0.222. The van der Waals surface area contributed by atoms with Crippen LogP contribution in [-0.2, 0) is 6.42 Å². The van der Waals surface area contributed by atoms with E-state index in [2.05, 4.69) is 33.0 Å². The predicted octanol–water partition coefficient (Wildman–Crippen LogP) is 6.19. The molecule has 2 aromatic carbocycles. The maximum absolute atomic E-state index is 6.20. The van der Waals surface area contributed by atoms with Gasteiger partial charge in [-0.25, -0.2) is 0 Å². The highest BCUT2D eigenvalue weighted by Gasteiger charge is 2.15. The number of nitrogens with one attached hydrogen (secondary N) is 1. The first-order chi connectivity index (χ1) is 11.1. The molecule has 0 saturated carbocycles. The number of fused-ring (bicyclic) bond motifs is 1. The molecule has 0 fully saturated rings. The maximum Gasteiger partial charge on any atom is 0.0606 e. The Balaban J connectivity index is 2.15. The van der Waals surface area contributed by atoms with Crippen LogP contribution in [0.1, 0.15) is 18.4 Å². The molecule has 0 atom stereocenters. The number of para-hydroxylation sites is 1. The third kappa shape index (κ3) is 3.43. The van der Waals surface area contributed by atoms with Crippen molar-refractivity contribution in [1.29, 1.82) is 0 Å². The van der Waals surface area contributed by atoms with Gasteiger partial charge in [0.25, 0.3) is 0 Å². The van der Waals surface area contributed by atoms with Gasteiger partial charge in [0.15, 0.2) is 0 Å². The molecule has 0 saturated heterocycles. The summed E-state index contributed by atoms with van der Waals surface area (Å²) in [5.74, 6) is 0. The van der Waals surface area contributed by atoms with Crippen molar-refractivity contribution < 1.29 is 0 Å². The second-order valence-electron chi connectivity index (χ2n) is 5.52. The second-order valence-corrected chi connectivity index (χ2v) is 7.18. The van der Waals surface area contributed by atoms with Crippen molar-refractivity contribution in [3.8, 4) is 11.3 Å². The molecule has 120 valence electrons. The van der Waals surface area contributed by atoms with E-state index in [9.17, 15) is 0 Å². The minimum Gasteiger partial charge on any atom is -0.353 e. The number of halogens is 3. The van der Waals surface area contributed by atoms with Gasteiger partial charge in [0.05, 0.1) is 15.6 Å². The molecule has 23 heavy (non-hydrogen) atoms. The molecule has 0 aliphatic rings. The van der Waals surface area contributed by atoms with Crippen LogP contribution < -0.4 is 5.73 Å². The summed E-state index contributed by atoms with van der Waals surface area (Å²) in [7, 11) is 0. The lowest BCUT2D eigenvalue weighted by Gasteiger charge is -2.06. The van der Waals surface area contributed by atoms with E-state index in [4.69, 9.17) is 28.9 Å². The highest BCUT2D eigenvalue weighted by molar-refractivity contribution is 9.10. The van der Waals surface area contributed by atoms with E-state index >= 15 is 0 Å². The molecular formula is C18H17BrCl2N2. The number of H-pyrrole nitrogens is 1. The van der Waals surface area contributed by atoms with E-state index in [-0.39, 0.29) is 0 Å². The number of unbranched alkanes of at least 4 members (excludes halogenated alkanes) is 1. The SMILES string of the molecule is NCCCCc1c(-c2ccc(Cl)c(Cl)c2)[nH]c2c(Br)cccc12. The minimum absolute atomic E-state index is 0.565. The first-order valence-electron chi connectivity index (χ1n) is 7.56. The van der Waals surface area contributed by atoms with E-state index in [0.29, 0.717) is 16.6 Å². The van der Waals surface area contributed by atoms with Gasteiger partial charge in [-0.2, -0.15) is 0 Å². The number of aryl methyl sites for hydroxylation is 1. The lowest BCUT2D eigenvalue weighted by atomic mass is 10.0. The van der Waals surface area contributed by atoms with Gasteiger partial charge in [-0.15, -0.1) is 0 Å². The third-order valence-electron chi connectivity index (χ3n) is 3.98. The van der Waals surface area contributed by atoms with Gasteiger partial charge in [0, 0.05) is 15.6 Å². The quantitative estimate of drug-likeness (QED) is 0.483. The Kier molecular flexibility index (Phi) is 5.32. The number of nitrogens with two attached hydrogens (primary N) is 1. The van der Waals surface area contributed by atoms with Crippen LogP contribution in [0.15, 0.2) is 40.9 Å². The van der Waals surface area contributed by atoms with Crippen molar-refractivity contribution in [2.75, 3.05) is 6.54 Å². The molecule has 1 aromatic heterocycles. The van der Waals surface area contributed by atoms with Crippen LogP contribution in [0.2, 0.25) is 10.0 Å². The predicted molar refractivity (Wildman–Crippen MR) is 103 cm³/mol. The van der Waals surface area contributed by atoms with Crippen LogP contribution in [0.5, 0.6) is 0 Å². The molecule has 3 aromatic rings. The summed E-state index contributed by atoms with van der Waals surface area (Å²) >= 11 is 15.9. The largest absolute Gasteiger partial charge is 0.353 e. The Morgan fingerprint density at radius 1 is 1.04 bits per heavy atom. The topological polar surface area (TPSA) is 41.8 Å². The highest BCUT2D eigenvalue weighted by atomic mass is 79.9. The summed E-state index contributed by atoms with van der Waals surface area (Å²) in [4.78, 5) is 3.54. The fourth-order valence-electron chi connectivity index (χ4n) is 2.84. The summed E-state index contributed by atoms with van der Waals surface area (Å²) in [6, 6.07) is 12.0. The van der Waals surface area contributed by atoms with Gasteiger partial charge >= 0.3 is 0 Å². The van der Waals surface area contributed by atoms with E-state index in [1.54, 1.807) is 0 Å². The Hall–Kier alpha value is -1.00. The van der Waals surface area contributed by atoms with Crippen molar-refractivity contribution in [1.82, 2.24) is 4.98 Å². The van der Waals surface area contributed by atoms with Crippen LogP contribution >= 0.6 is 39.1 Å². The zero-order valence-corrected chi connectivity index (χ0v) is 15.6. The van der Waals surface area contributed by atoms with Crippen molar-refractivity contribution in [2.45, 2.75) is 19.3 Å². The first-order valence-corrected chi connectivity index (χ1v) is 9.11. The normalized spacial score (nSPS) is 11.3. The third-order valence-corrected chi connectivity index (χ3v) is 5.38. The first kappa shape index (κ1) is 16.8. The van der Waals surface area contributed by atoms with E-state index in [1.807, 2.05) is 24.3 Å². The maximum atomic E-state index is 6.20. The summed E-state index contributed by atoms with van der Waals surface area (Å²) in [6.45, 7) is 0.716. The van der Waals surface area contributed by atoms with Crippen molar-refractivity contribution in [2.24, 2.45) is 5.73 Å². The van der Waals surface area contributed by atoms with Gasteiger partial charge in [-0.05, 0) is 71.1 Å². The van der Waals surface area contributed by atoms with Gasteiger partial charge < -0.3 is 10.7 Å². The molecule has 0 amide bonds. The molecule has 1 heterocycles. The van der Waals surface area contributed by atoms with E-state index in [0.717, 1.165) is 40.5 Å². The van der Waals surface area contributed by atoms with Crippen LogP contribution in [0.4, 0.5) is 0 Å². The Morgan fingerprint density at radius 3 is 2.61 bits per heavy atom. The van der Waals surface area contributed by atoms with Crippen molar-refractivity contribution in [3.63, 3.8) is 0 Å². The van der Waals surface area contributed by atoms with Gasteiger partial charge in [-0.1, -0.05) is 41.4 Å². The molecule has 0 bridgehead atoms. The number of benzene rings is 2. The summed E-state index contributed by atoms with van der Waals surface area (Å²) < 4.78 is 1.06. The summed E-state index contributed by atoms with van der Waals surface area (Å²) in [5.41, 5.74) is 10.2. The number of rotatable bonds is 5.